The number of amides is 2. The second kappa shape index (κ2) is 9.63. The largest absolute Gasteiger partial charge is 0.457 e. The molecule has 3 N–H and O–H groups in total. The van der Waals surface area contributed by atoms with Gasteiger partial charge in [-0.05, 0) is 50.2 Å². The van der Waals surface area contributed by atoms with Crippen LogP contribution in [0.2, 0.25) is 0 Å². The highest BCUT2D eigenvalue weighted by Gasteiger charge is 2.07. The van der Waals surface area contributed by atoms with Gasteiger partial charge in [-0.25, -0.2) is 8.78 Å². The summed E-state index contributed by atoms with van der Waals surface area (Å²) in [6, 6.07) is 9.67. The molecule has 2 amide bonds. The number of hydrogen-bond donors (Lipinski definition) is 3. The van der Waals surface area contributed by atoms with E-state index in [1.54, 1.807) is 24.3 Å². The number of hydrogen-bond acceptors (Lipinski definition) is 4. The molecule has 0 heterocycles. The molecule has 2 rings (SSSR count). The topological polar surface area (TPSA) is 79.5 Å². The lowest BCUT2D eigenvalue weighted by Gasteiger charge is -2.10. The minimum atomic E-state index is -0.994. The Balaban J connectivity index is 1.80. The maximum Gasteiger partial charge on any atom is 0.238 e. The third-order valence-electron chi connectivity index (χ3n) is 3.29. The summed E-state index contributed by atoms with van der Waals surface area (Å²) in [5.41, 5.74) is 0.533. The lowest BCUT2D eigenvalue weighted by atomic mass is 10.3. The lowest BCUT2D eigenvalue weighted by molar-refractivity contribution is -0.120. The van der Waals surface area contributed by atoms with Crippen LogP contribution in [0.1, 0.15) is 13.8 Å². The van der Waals surface area contributed by atoms with Crippen molar-refractivity contribution in [2.75, 3.05) is 18.4 Å². The zero-order chi connectivity index (χ0) is 19.8. The molecule has 0 fully saturated rings. The van der Waals surface area contributed by atoms with Crippen LogP contribution in [0, 0.1) is 11.6 Å². The van der Waals surface area contributed by atoms with Crippen LogP contribution < -0.4 is 20.7 Å². The highest BCUT2D eigenvalue weighted by molar-refractivity contribution is 5.92. The van der Waals surface area contributed by atoms with Crippen LogP contribution in [0.5, 0.6) is 11.5 Å². The number of rotatable bonds is 8. The molecule has 0 bridgehead atoms. The summed E-state index contributed by atoms with van der Waals surface area (Å²) in [6.07, 6.45) is 0. The number of halogens is 2. The van der Waals surface area contributed by atoms with E-state index >= 15 is 0 Å². The van der Waals surface area contributed by atoms with E-state index < -0.39 is 11.6 Å². The van der Waals surface area contributed by atoms with Gasteiger partial charge in [0.1, 0.15) is 11.5 Å². The van der Waals surface area contributed by atoms with Crippen LogP contribution in [0.3, 0.4) is 0 Å². The standard InChI is InChI=1S/C19H21F2N3O3/c1-12(2)23-18(25)10-22-11-19(26)24-13-3-5-14(6-4-13)27-15-7-8-16(20)17(21)9-15/h3-9,12,22H,10-11H2,1-2H3,(H,23,25)(H,24,26). The van der Waals surface area contributed by atoms with Crippen LogP contribution >= 0.6 is 0 Å². The highest BCUT2D eigenvalue weighted by Crippen LogP contribution is 2.24. The summed E-state index contributed by atoms with van der Waals surface area (Å²) >= 11 is 0. The molecule has 0 aliphatic rings. The molecule has 0 radical (unpaired) electrons. The van der Waals surface area contributed by atoms with Gasteiger partial charge in [0.25, 0.3) is 0 Å². The Hall–Kier alpha value is -3.00. The van der Waals surface area contributed by atoms with Crippen molar-refractivity contribution in [2.24, 2.45) is 0 Å². The van der Waals surface area contributed by atoms with E-state index in [1.807, 2.05) is 13.8 Å². The molecular weight excluding hydrogens is 356 g/mol. The van der Waals surface area contributed by atoms with Crippen molar-refractivity contribution >= 4 is 17.5 Å². The molecule has 0 spiro atoms. The van der Waals surface area contributed by atoms with Crippen molar-refractivity contribution in [1.29, 1.82) is 0 Å². The molecule has 0 aliphatic carbocycles. The monoisotopic (exact) mass is 377 g/mol. The van der Waals surface area contributed by atoms with Gasteiger partial charge in [-0.2, -0.15) is 0 Å². The fourth-order valence-electron chi connectivity index (χ4n) is 2.15. The van der Waals surface area contributed by atoms with E-state index in [2.05, 4.69) is 16.0 Å². The summed E-state index contributed by atoms with van der Waals surface area (Å²) in [5, 5.41) is 8.12. The summed E-state index contributed by atoms with van der Waals surface area (Å²) in [4.78, 5) is 23.3. The molecule has 0 aliphatic heterocycles. The van der Waals surface area contributed by atoms with Crippen molar-refractivity contribution in [3.05, 3.63) is 54.1 Å². The van der Waals surface area contributed by atoms with Gasteiger partial charge in [0.05, 0.1) is 13.1 Å². The number of ether oxygens (including phenoxy) is 1. The number of benzene rings is 2. The van der Waals surface area contributed by atoms with Crippen LogP contribution in [0.4, 0.5) is 14.5 Å². The van der Waals surface area contributed by atoms with Gasteiger partial charge in [-0.15, -0.1) is 0 Å². The molecule has 0 atom stereocenters. The summed E-state index contributed by atoms with van der Waals surface area (Å²) in [6.45, 7) is 3.74. The fraction of sp³-hybridized carbons (Fsp3) is 0.263. The Morgan fingerprint density at radius 3 is 2.19 bits per heavy atom. The van der Waals surface area contributed by atoms with Crippen molar-refractivity contribution in [3.63, 3.8) is 0 Å². The predicted octanol–water partition coefficient (Wildman–Crippen LogP) is 2.81. The number of carbonyl (C=O) groups is 2. The van der Waals surface area contributed by atoms with Crippen molar-refractivity contribution in [3.8, 4) is 11.5 Å². The van der Waals surface area contributed by atoms with Crippen molar-refractivity contribution < 1.29 is 23.1 Å². The zero-order valence-electron chi connectivity index (χ0n) is 15.0. The average Bonchev–Trinajstić information content (AvgIpc) is 2.59. The van der Waals surface area contributed by atoms with Crippen LogP contribution in [-0.2, 0) is 9.59 Å². The summed E-state index contributed by atoms with van der Waals surface area (Å²) in [5.74, 6) is -1.86. The highest BCUT2D eigenvalue weighted by atomic mass is 19.2. The fourth-order valence-corrected chi connectivity index (χ4v) is 2.15. The van der Waals surface area contributed by atoms with Crippen LogP contribution in [0.25, 0.3) is 0 Å². The van der Waals surface area contributed by atoms with Crippen LogP contribution in [0.15, 0.2) is 42.5 Å². The molecule has 6 nitrogen and oxygen atoms in total. The summed E-state index contributed by atoms with van der Waals surface area (Å²) in [7, 11) is 0. The second-order valence-electron chi connectivity index (χ2n) is 6.08. The van der Waals surface area contributed by atoms with Gasteiger partial charge in [-0.3, -0.25) is 14.9 Å². The third kappa shape index (κ3) is 7.02. The average molecular weight is 377 g/mol. The number of carbonyl (C=O) groups excluding carboxylic acids is 2. The first-order chi connectivity index (χ1) is 12.8. The van der Waals surface area contributed by atoms with E-state index in [4.69, 9.17) is 4.74 Å². The Morgan fingerprint density at radius 2 is 1.56 bits per heavy atom. The maximum atomic E-state index is 13.2. The summed E-state index contributed by atoms with van der Waals surface area (Å²) < 4.78 is 31.5. The maximum absolute atomic E-state index is 13.2. The number of anilines is 1. The van der Waals surface area contributed by atoms with Gasteiger partial charge in [0.2, 0.25) is 11.8 Å². The predicted molar refractivity (Wildman–Crippen MR) is 97.7 cm³/mol. The van der Waals surface area contributed by atoms with Crippen molar-refractivity contribution in [2.45, 2.75) is 19.9 Å². The molecule has 0 aromatic heterocycles. The molecular formula is C19H21F2N3O3. The quantitative estimate of drug-likeness (QED) is 0.661. The Morgan fingerprint density at radius 1 is 0.926 bits per heavy atom. The molecule has 0 saturated carbocycles. The number of nitrogens with one attached hydrogen (secondary N) is 3. The van der Waals surface area contributed by atoms with E-state index in [1.165, 1.54) is 6.07 Å². The minimum absolute atomic E-state index is 0.0153. The molecule has 8 heteroatoms. The van der Waals surface area contributed by atoms with E-state index in [0.29, 0.717) is 11.4 Å². The van der Waals surface area contributed by atoms with E-state index in [0.717, 1.165) is 12.1 Å². The van der Waals surface area contributed by atoms with Crippen LogP contribution in [-0.4, -0.2) is 30.9 Å². The first-order valence-electron chi connectivity index (χ1n) is 8.36. The minimum Gasteiger partial charge on any atom is -0.457 e. The third-order valence-corrected chi connectivity index (χ3v) is 3.29. The Bertz CT molecular complexity index is 795. The van der Waals surface area contributed by atoms with Gasteiger partial charge >= 0.3 is 0 Å². The lowest BCUT2D eigenvalue weighted by Crippen LogP contribution is -2.40. The molecule has 144 valence electrons. The van der Waals surface area contributed by atoms with E-state index in [9.17, 15) is 18.4 Å². The first kappa shape index (κ1) is 20.3. The first-order valence-corrected chi connectivity index (χ1v) is 8.36. The molecule has 2 aromatic rings. The second-order valence-corrected chi connectivity index (χ2v) is 6.08. The Labute approximate surface area is 155 Å². The molecule has 0 saturated heterocycles. The van der Waals surface area contributed by atoms with Gasteiger partial charge in [0, 0.05) is 17.8 Å². The molecule has 2 aromatic carbocycles. The molecule has 27 heavy (non-hydrogen) atoms. The van der Waals surface area contributed by atoms with E-state index in [-0.39, 0.29) is 36.7 Å². The Kier molecular flexibility index (Phi) is 7.25. The molecule has 0 unspecified atom stereocenters. The van der Waals surface area contributed by atoms with Crippen molar-refractivity contribution in [1.82, 2.24) is 10.6 Å². The zero-order valence-corrected chi connectivity index (χ0v) is 15.0. The normalized spacial score (nSPS) is 10.6. The van der Waals surface area contributed by atoms with Gasteiger partial charge in [0.15, 0.2) is 11.6 Å². The smallest absolute Gasteiger partial charge is 0.238 e. The van der Waals surface area contributed by atoms with Gasteiger partial charge in [-0.1, -0.05) is 0 Å². The SMILES string of the molecule is CC(C)NC(=O)CNCC(=O)Nc1ccc(Oc2ccc(F)c(F)c2)cc1. The van der Waals surface area contributed by atoms with Gasteiger partial charge < -0.3 is 15.4 Å².